The summed E-state index contributed by atoms with van der Waals surface area (Å²) in [5, 5.41) is 10.0. The number of nitrogens with zero attached hydrogens (tertiary/aromatic N) is 1. The molecule has 5 heteroatoms. The van der Waals surface area contributed by atoms with Crippen LogP contribution in [-0.4, -0.2) is 54.3 Å². The molecule has 5 nitrogen and oxygen atoms in total. The van der Waals surface area contributed by atoms with Gasteiger partial charge in [0.05, 0.1) is 6.61 Å². The average molecular weight is 302 g/mol. The Bertz CT molecular complexity index is 665. The smallest absolute Gasteiger partial charge is 0.352 e. The molecule has 1 aromatic heterocycles. The summed E-state index contributed by atoms with van der Waals surface area (Å²) in [5.41, 5.74) is 2.43. The van der Waals surface area contributed by atoms with Gasteiger partial charge in [-0.3, -0.25) is 0 Å². The van der Waals surface area contributed by atoms with Crippen LogP contribution in [0.1, 0.15) is 34.8 Å². The first-order valence-electron chi connectivity index (χ1n) is 7.74. The van der Waals surface area contributed by atoms with Crippen LogP contribution in [0.5, 0.6) is 0 Å². The third kappa shape index (κ3) is 3.15. The number of rotatable bonds is 5. The summed E-state index contributed by atoms with van der Waals surface area (Å²) in [6.07, 6.45) is 2.38. The summed E-state index contributed by atoms with van der Waals surface area (Å²) in [4.78, 5) is 16.4. The molecule has 1 aliphatic rings. The van der Waals surface area contributed by atoms with E-state index in [0.29, 0.717) is 5.92 Å². The highest BCUT2D eigenvalue weighted by Crippen LogP contribution is 2.29. The number of fused-ring (bicyclic) bond motifs is 1. The molecular formula is C17H22N2O3. The van der Waals surface area contributed by atoms with Crippen molar-refractivity contribution in [2.45, 2.75) is 18.8 Å². The molecule has 1 unspecified atom stereocenters. The van der Waals surface area contributed by atoms with E-state index >= 15 is 0 Å². The summed E-state index contributed by atoms with van der Waals surface area (Å²) in [6.45, 7) is 3.93. The van der Waals surface area contributed by atoms with Gasteiger partial charge in [0.1, 0.15) is 5.69 Å². The molecular weight excluding hydrogens is 280 g/mol. The lowest BCUT2D eigenvalue weighted by Gasteiger charge is -2.32. The molecule has 1 atom stereocenters. The van der Waals surface area contributed by atoms with Gasteiger partial charge in [0.2, 0.25) is 0 Å². The number of hydrogen-bond acceptors (Lipinski definition) is 3. The number of aromatic amines is 1. The molecule has 22 heavy (non-hydrogen) atoms. The number of benzene rings is 1. The number of hydrogen-bond donors (Lipinski definition) is 2. The lowest BCUT2D eigenvalue weighted by molar-refractivity contribution is 0.0691. The van der Waals surface area contributed by atoms with Crippen LogP contribution in [0, 0.1) is 0 Å². The summed E-state index contributed by atoms with van der Waals surface area (Å²) < 4.78 is 5.17. The number of piperidine rings is 1. The number of carboxylic acid groups (broad SMARTS) is 1. The second kappa shape index (κ2) is 6.50. The van der Waals surface area contributed by atoms with Crippen LogP contribution in [0.4, 0.5) is 0 Å². The van der Waals surface area contributed by atoms with Gasteiger partial charge in [0, 0.05) is 31.1 Å². The molecule has 3 rings (SSSR count). The zero-order chi connectivity index (χ0) is 15.5. The highest BCUT2D eigenvalue weighted by atomic mass is 16.5. The number of methoxy groups -OCH3 is 1. The Hall–Kier alpha value is -1.85. The Morgan fingerprint density at radius 3 is 3.09 bits per heavy atom. The summed E-state index contributed by atoms with van der Waals surface area (Å²) >= 11 is 0. The van der Waals surface area contributed by atoms with Gasteiger partial charge in [0.15, 0.2) is 0 Å². The molecule has 0 amide bonds. The SMILES string of the molecule is COCCN1CCCC(c2ccc3[nH]c(C(=O)O)cc3c2)C1. The van der Waals surface area contributed by atoms with Crippen LogP contribution in [0.25, 0.3) is 10.9 Å². The highest BCUT2D eigenvalue weighted by molar-refractivity contribution is 5.93. The van der Waals surface area contributed by atoms with Crippen LogP contribution in [0.3, 0.4) is 0 Å². The second-order valence-corrected chi connectivity index (χ2v) is 5.97. The van der Waals surface area contributed by atoms with Gasteiger partial charge in [-0.25, -0.2) is 4.79 Å². The number of carbonyl (C=O) groups is 1. The largest absolute Gasteiger partial charge is 0.477 e. The van der Waals surface area contributed by atoms with E-state index < -0.39 is 5.97 Å². The molecule has 0 saturated carbocycles. The molecule has 0 radical (unpaired) electrons. The minimum absolute atomic E-state index is 0.248. The van der Waals surface area contributed by atoms with E-state index in [1.54, 1.807) is 13.2 Å². The van der Waals surface area contributed by atoms with Crippen molar-refractivity contribution in [1.82, 2.24) is 9.88 Å². The van der Waals surface area contributed by atoms with E-state index in [0.717, 1.165) is 37.1 Å². The van der Waals surface area contributed by atoms with Crippen molar-refractivity contribution in [3.63, 3.8) is 0 Å². The van der Waals surface area contributed by atoms with Crippen LogP contribution >= 0.6 is 0 Å². The Labute approximate surface area is 129 Å². The Morgan fingerprint density at radius 1 is 1.45 bits per heavy atom. The van der Waals surface area contributed by atoms with Crippen LogP contribution in [0.2, 0.25) is 0 Å². The van der Waals surface area contributed by atoms with E-state index in [1.807, 2.05) is 6.07 Å². The van der Waals surface area contributed by atoms with E-state index in [4.69, 9.17) is 9.84 Å². The van der Waals surface area contributed by atoms with Crippen molar-refractivity contribution in [2.24, 2.45) is 0 Å². The molecule has 0 aliphatic carbocycles. The van der Waals surface area contributed by atoms with Gasteiger partial charge in [-0.05, 0) is 49.1 Å². The molecule has 0 bridgehead atoms. The van der Waals surface area contributed by atoms with Gasteiger partial charge in [-0.2, -0.15) is 0 Å². The third-order valence-corrected chi connectivity index (χ3v) is 4.46. The molecule has 1 fully saturated rings. The maximum Gasteiger partial charge on any atom is 0.352 e. The summed E-state index contributed by atoms with van der Waals surface area (Å²) in [5.74, 6) is -0.403. The van der Waals surface area contributed by atoms with Crippen molar-refractivity contribution >= 4 is 16.9 Å². The monoisotopic (exact) mass is 302 g/mol. The van der Waals surface area contributed by atoms with Gasteiger partial charge in [0.25, 0.3) is 0 Å². The number of nitrogens with one attached hydrogen (secondary N) is 1. The number of H-pyrrole nitrogens is 1. The maximum absolute atomic E-state index is 11.1. The molecule has 118 valence electrons. The average Bonchev–Trinajstić information content (AvgIpc) is 2.96. The fraction of sp³-hybridized carbons (Fsp3) is 0.471. The van der Waals surface area contributed by atoms with E-state index in [-0.39, 0.29) is 5.69 Å². The van der Waals surface area contributed by atoms with E-state index in [9.17, 15) is 4.79 Å². The van der Waals surface area contributed by atoms with E-state index in [2.05, 4.69) is 22.0 Å². The minimum Gasteiger partial charge on any atom is -0.477 e. The fourth-order valence-electron chi connectivity index (χ4n) is 3.27. The van der Waals surface area contributed by atoms with Crippen LogP contribution in [0.15, 0.2) is 24.3 Å². The maximum atomic E-state index is 11.1. The predicted molar refractivity (Wildman–Crippen MR) is 85.5 cm³/mol. The zero-order valence-corrected chi connectivity index (χ0v) is 12.8. The van der Waals surface area contributed by atoms with Crippen molar-refractivity contribution in [1.29, 1.82) is 0 Å². The number of carboxylic acids is 1. The fourth-order valence-corrected chi connectivity index (χ4v) is 3.27. The first kappa shape index (κ1) is 15.1. The van der Waals surface area contributed by atoms with Crippen LogP contribution in [-0.2, 0) is 4.74 Å². The van der Waals surface area contributed by atoms with Gasteiger partial charge >= 0.3 is 5.97 Å². The number of aromatic carboxylic acids is 1. The Balaban J connectivity index is 1.78. The molecule has 2 N–H and O–H groups in total. The molecule has 0 spiro atoms. The lowest BCUT2D eigenvalue weighted by Crippen LogP contribution is -2.36. The molecule has 2 heterocycles. The highest BCUT2D eigenvalue weighted by Gasteiger charge is 2.21. The second-order valence-electron chi connectivity index (χ2n) is 5.97. The molecule has 1 aliphatic heterocycles. The van der Waals surface area contributed by atoms with Gasteiger partial charge in [-0.15, -0.1) is 0 Å². The Morgan fingerprint density at radius 2 is 2.32 bits per heavy atom. The number of ether oxygens (including phenoxy) is 1. The van der Waals surface area contributed by atoms with Gasteiger partial charge < -0.3 is 19.7 Å². The predicted octanol–water partition coefficient (Wildman–Crippen LogP) is 2.69. The minimum atomic E-state index is -0.916. The normalized spacial score (nSPS) is 19.6. The Kier molecular flexibility index (Phi) is 4.45. The standard InChI is InChI=1S/C17H22N2O3/c1-22-8-7-19-6-2-3-13(11-19)12-4-5-15-14(9-12)10-16(18-15)17(20)21/h4-5,9-10,13,18H,2-3,6-8,11H2,1H3,(H,20,21). The first-order valence-corrected chi connectivity index (χ1v) is 7.74. The first-order chi connectivity index (χ1) is 10.7. The lowest BCUT2D eigenvalue weighted by atomic mass is 9.90. The van der Waals surface area contributed by atoms with Crippen molar-refractivity contribution in [3.05, 3.63) is 35.5 Å². The van der Waals surface area contributed by atoms with Gasteiger partial charge in [-0.1, -0.05) is 6.07 Å². The topological polar surface area (TPSA) is 65.6 Å². The molecule has 1 aromatic carbocycles. The van der Waals surface area contributed by atoms with E-state index in [1.165, 1.54) is 18.4 Å². The van der Waals surface area contributed by atoms with Crippen molar-refractivity contribution < 1.29 is 14.6 Å². The van der Waals surface area contributed by atoms with Crippen molar-refractivity contribution in [3.8, 4) is 0 Å². The summed E-state index contributed by atoms with van der Waals surface area (Å²) in [6, 6.07) is 7.95. The molecule has 1 saturated heterocycles. The molecule has 2 aromatic rings. The number of aromatic nitrogens is 1. The zero-order valence-electron chi connectivity index (χ0n) is 12.8. The third-order valence-electron chi connectivity index (χ3n) is 4.46. The van der Waals surface area contributed by atoms with Crippen molar-refractivity contribution in [2.75, 3.05) is 33.4 Å². The summed E-state index contributed by atoms with van der Waals surface area (Å²) in [7, 11) is 1.74. The number of likely N-dealkylation sites (tertiary alicyclic amines) is 1. The van der Waals surface area contributed by atoms with Crippen LogP contribution < -0.4 is 0 Å². The quantitative estimate of drug-likeness (QED) is 0.891.